The zero-order chi connectivity index (χ0) is 19.8. The number of nitrogens with one attached hydrogen (secondary N) is 1. The van der Waals surface area contributed by atoms with E-state index in [1.807, 2.05) is 18.2 Å². The highest BCUT2D eigenvalue weighted by Gasteiger charge is 2.24. The lowest BCUT2D eigenvalue weighted by atomic mass is 10.0. The van der Waals surface area contributed by atoms with Crippen LogP contribution in [0.3, 0.4) is 0 Å². The third kappa shape index (κ3) is 3.62. The van der Waals surface area contributed by atoms with Crippen molar-refractivity contribution in [1.82, 2.24) is 14.9 Å². The Balaban J connectivity index is 1.32. The maximum Gasteiger partial charge on any atom is 0.257 e. The van der Waals surface area contributed by atoms with Crippen LogP contribution < -0.4 is 19.9 Å². The fourth-order valence-corrected chi connectivity index (χ4v) is 4.39. The summed E-state index contributed by atoms with van der Waals surface area (Å²) in [5.41, 5.74) is 4.00. The van der Waals surface area contributed by atoms with Crippen LogP contribution in [-0.4, -0.2) is 54.8 Å². The maximum atomic E-state index is 12.7. The standard InChI is InChI=1S/C22H26N4O3/c1-28-17-4-5-20-16(11-17)10-15(14-29-20)12-25-9-6-19-18(13-25)21(27)24-22(23-19)26-7-2-3-8-26/h4-5,10-11H,2-3,6-9,12-14H2,1H3,(H,23,24,27). The second-order valence-electron chi connectivity index (χ2n) is 7.96. The van der Waals surface area contributed by atoms with Gasteiger partial charge in [0.05, 0.1) is 18.4 Å². The second-order valence-corrected chi connectivity index (χ2v) is 7.96. The minimum absolute atomic E-state index is 0.00514. The minimum Gasteiger partial charge on any atom is -0.497 e. The number of rotatable bonds is 4. The van der Waals surface area contributed by atoms with Gasteiger partial charge in [-0.1, -0.05) is 0 Å². The summed E-state index contributed by atoms with van der Waals surface area (Å²) >= 11 is 0. The van der Waals surface area contributed by atoms with Crippen LogP contribution in [-0.2, 0) is 13.0 Å². The molecule has 1 fully saturated rings. The molecule has 0 unspecified atom stereocenters. The van der Waals surface area contributed by atoms with Gasteiger partial charge in [-0.3, -0.25) is 14.7 Å². The summed E-state index contributed by atoms with van der Waals surface area (Å²) in [6, 6.07) is 5.85. The number of ether oxygens (including phenoxy) is 2. The van der Waals surface area contributed by atoms with Crippen molar-refractivity contribution in [3.8, 4) is 11.5 Å². The molecule has 0 saturated carbocycles. The summed E-state index contributed by atoms with van der Waals surface area (Å²) in [5.74, 6) is 2.45. The minimum atomic E-state index is 0.00514. The Labute approximate surface area is 170 Å². The van der Waals surface area contributed by atoms with E-state index in [0.717, 1.165) is 66.9 Å². The van der Waals surface area contributed by atoms with Crippen LogP contribution in [0.15, 0.2) is 28.6 Å². The molecule has 5 rings (SSSR count). The average molecular weight is 394 g/mol. The third-order valence-corrected chi connectivity index (χ3v) is 5.96. The molecule has 0 spiro atoms. The lowest BCUT2D eigenvalue weighted by Crippen LogP contribution is -2.38. The van der Waals surface area contributed by atoms with E-state index in [0.29, 0.717) is 13.2 Å². The van der Waals surface area contributed by atoms with Gasteiger partial charge in [0.25, 0.3) is 5.56 Å². The summed E-state index contributed by atoms with van der Waals surface area (Å²) in [4.78, 5) is 25.0. The Morgan fingerprint density at radius 1 is 1.24 bits per heavy atom. The molecule has 0 atom stereocenters. The first-order chi connectivity index (χ1) is 14.2. The van der Waals surface area contributed by atoms with Crippen molar-refractivity contribution < 1.29 is 9.47 Å². The van der Waals surface area contributed by atoms with Crippen molar-refractivity contribution in [2.24, 2.45) is 0 Å². The molecule has 0 aliphatic carbocycles. The van der Waals surface area contributed by atoms with Crippen molar-refractivity contribution in [1.29, 1.82) is 0 Å². The van der Waals surface area contributed by atoms with Crippen LogP contribution in [0.25, 0.3) is 6.08 Å². The number of hydrogen-bond acceptors (Lipinski definition) is 6. The molecule has 1 aromatic carbocycles. The number of fused-ring (bicyclic) bond motifs is 2. The number of hydrogen-bond donors (Lipinski definition) is 1. The lowest BCUT2D eigenvalue weighted by molar-refractivity contribution is 0.254. The van der Waals surface area contributed by atoms with E-state index in [2.05, 4.69) is 20.9 Å². The van der Waals surface area contributed by atoms with E-state index in [-0.39, 0.29) is 5.56 Å². The molecule has 3 aliphatic rings. The predicted molar refractivity (Wildman–Crippen MR) is 112 cm³/mol. The number of aromatic amines is 1. The van der Waals surface area contributed by atoms with Crippen molar-refractivity contribution >= 4 is 12.0 Å². The zero-order valence-corrected chi connectivity index (χ0v) is 16.7. The Morgan fingerprint density at radius 2 is 2.10 bits per heavy atom. The normalized spacial score (nSPS) is 18.7. The molecular formula is C22H26N4O3. The molecule has 2 aromatic rings. The van der Waals surface area contributed by atoms with Gasteiger partial charge in [0.1, 0.15) is 18.1 Å². The van der Waals surface area contributed by atoms with Crippen molar-refractivity contribution in [3.63, 3.8) is 0 Å². The highest BCUT2D eigenvalue weighted by molar-refractivity contribution is 5.64. The van der Waals surface area contributed by atoms with Gasteiger partial charge in [0.15, 0.2) is 0 Å². The molecule has 29 heavy (non-hydrogen) atoms. The summed E-state index contributed by atoms with van der Waals surface area (Å²) in [6.07, 6.45) is 5.32. The van der Waals surface area contributed by atoms with E-state index in [4.69, 9.17) is 14.5 Å². The number of anilines is 1. The SMILES string of the molecule is COc1ccc2c(c1)C=C(CN1CCc3nc(N4CCCC4)[nH]c(=O)c3C1)CO2. The van der Waals surface area contributed by atoms with Gasteiger partial charge in [-0.2, -0.15) is 0 Å². The Hall–Kier alpha value is -2.80. The molecular weight excluding hydrogens is 368 g/mol. The van der Waals surface area contributed by atoms with Gasteiger partial charge in [-0.15, -0.1) is 0 Å². The van der Waals surface area contributed by atoms with Gasteiger partial charge in [0.2, 0.25) is 5.95 Å². The number of aromatic nitrogens is 2. The summed E-state index contributed by atoms with van der Waals surface area (Å²) in [7, 11) is 1.67. The van der Waals surface area contributed by atoms with Crippen molar-refractivity contribution in [2.75, 3.05) is 44.8 Å². The van der Waals surface area contributed by atoms with Crippen LogP contribution in [0.4, 0.5) is 5.95 Å². The number of nitrogens with zero attached hydrogens (tertiary/aromatic N) is 3. The Morgan fingerprint density at radius 3 is 2.93 bits per heavy atom. The molecule has 0 bridgehead atoms. The predicted octanol–water partition coefficient (Wildman–Crippen LogP) is 2.21. The van der Waals surface area contributed by atoms with E-state index in [1.165, 1.54) is 18.4 Å². The van der Waals surface area contributed by atoms with Gasteiger partial charge in [-0.05, 0) is 42.7 Å². The van der Waals surface area contributed by atoms with Gasteiger partial charge in [0, 0.05) is 44.7 Å². The first kappa shape index (κ1) is 18.2. The average Bonchev–Trinajstić information content (AvgIpc) is 3.28. The molecule has 1 aromatic heterocycles. The highest BCUT2D eigenvalue weighted by atomic mass is 16.5. The van der Waals surface area contributed by atoms with Crippen LogP contribution in [0.2, 0.25) is 0 Å². The molecule has 4 heterocycles. The van der Waals surface area contributed by atoms with E-state index in [9.17, 15) is 4.79 Å². The van der Waals surface area contributed by atoms with Gasteiger partial charge < -0.3 is 14.4 Å². The Kier molecular flexibility index (Phi) is 4.75. The summed E-state index contributed by atoms with van der Waals surface area (Å²) < 4.78 is 11.2. The van der Waals surface area contributed by atoms with E-state index >= 15 is 0 Å². The quantitative estimate of drug-likeness (QED) is 0.858. The first-order valence-electron chi connectivity index (χ1n) is 10.3. The molecule has 152 valence electrons. The number of H-pyrrole nitrogens is 1. The largest absolute Gasteiger partial charge is 0.497 e. The van der Waals surface area contributed by atoms with Crippen molar-refractivity contribution in [2.45, 2.75) is 25.8 Å². The molecule has 0 amide bonds. The topological polar surface area (TPSA) is 70.7 Å². The first-order valence-corrected chi connectivity index (χ1v) is 10.3. The summed E-state index contributed by atoms with van der Waals surface area (Å²) in [6.45, 7) is 4.84. The van der Waals surface area contributed by atoms with Crippen LogP contribution in [0, 0.1) is 0 Å². The third-order valence-electron chi connectivity index (χ3n) is 5.96. The molecule has 0 radical (unpaired) electrons. The van der Waals surface area contributed by atoms with Gasteiger partial charge in [-0.25, -0.2) is 4.98 Å². The van der Waals surface area contributed by atoms with Crippen LogP contribution in [0.5, 0.6) is 11.5 Å². The lowest BCUT2D eigenvalue weighted by Gasteiger charge is -2.30. The smallest absolute Gasteiger partial charge is 0.257 e. The number of benzene rings is 1. The fraction of sp³-hybridized carbons (Fsp3) is 0.455. The maximum absolute atomic E-state index is 12.7. The Bertz CT molecular complexity index is 1010. The molecule has 3 aliphatic heterocycles. The molecule has 7 nitrogen and oxygen atoms in total. The molecule has 1 N–H and O–H groups in total. The van der Waals surface area contributed by atoms with Crippen molar-refractivity contribution in [3.05, 3.63) is 50.9 Å². The fourth-order valence-electron chi connectivity index (χ4n) is 4.39. The van der Waals surface area contributed by atoms with Gasteiger partial charge >= 0.3 is 0 Å². The molecule has 1 saturated heterocycles. The van der Waals surface area contributed by atoms with E-state index in [1.54, 1.807) is 7.11 Å². The zero-order valence-electron chi connectivity index (χ0n) is 16.7. The summed E-state index contributed by atoms with van der Waals surface area (Å²) in [5, 5.41) is 0. The second kappa shape index (κ2) is 7.55. The van der Waals surface area contributed by atoms with E-state index < -0.39 is 0 Å². The van der Waals surface area contributed by atoms with Crippen LogP contribution in [0.1, 0.15) is 29.7 Å². The molecule has 7 heteroatoms. The monoisotopic (exact) mass is 394 g/mol. The number of methoxy groups -OCH3 is 1. The highest BCUT2D eigenvalue weighted by Crippen LogP contribution is 2.30. The van der Waals surface area contributed by atoms with Crippen LogP contribution >= 0.6 is 0 Å².